The zero-order valence-electron chi connectivity index (χ0n) is 14.9. The average Bonchev–Trinajstić information content (AvgIpc) is 2.65. The third-order valence-electron chi connectivity index (χ3n) is 4.78. The second-order valence-electron chi connectivity index (χ2n) is 7.04. The highest BCUT2D eigenvalue weighted by molar-refractivity contribution is 5.27. The fourth-order valence-electron chi connectivity index (χ4n) is 3.23. The number of aromatic nitrogens is 1. The van der Waals surface area contributed by atoms with Crippen LogP contribution in [0.5, 0.6) is 0 Å². The van der Waals surface area contributed by atoms with E-state index in [1.54, 1.807) is 6.07 Å². The fourth-order valence-corrected chi connectivity index (χ4v) is 3.23. The Hall–Kier alpha value is -1.82. The number of nitrogens with zero attached hydrogens (tertiary/aromatic N) is 2. The third kappa shape index (κ3) is 4.63. The van der Waals surface area contributed by atoms with Crippen LogP contribution in [-0.4, -0.2) is 48.3 Å². The van der Waals surface area contributed by atoms with Crippen molar-refractivity contribution in [3.05, 3.63) is 65.7 Å². The number of rotatable bonds is 6. The molecule has 1 saturated heterocycles. The minimum Gasteiger partial charge on any atom is -0.379 e. The van der Waals surface area contributed by atoms with Gasteiger partial charge in [-0.05, 0) is 31.5 Å². The lowest BCUT2D eigenvalue weighted by Gasteiger charge is -2.41. The van der Waals surface area contributed by atoms with Gasteiger partial charge in [0, 0.05) is 25.2 Å². The number of hydrogen-bond donors (Lipinski definition) is 1. The van der Waals surface area contributed by atoms with E-state index in [1.807, 2.05) is 18.2 Å². The van der Waals surface area contributed by atoms with Gasteiger partial charge in [0.1, 0.15) is 5.82 Å². The van der Waals surface area contributed by atoms with Crippen molar-refractivity contribution < 1.29 is 9.13 Å². The number of halogens is 1. The lowest BCUT2D eigenvalue weighted by atomic mass is 9.98. The summed E-state index contributed by atoms with van der Waals surface area (Å²) in [7, 11) is 0. The van der Waals surface area contributed by atoms with Crippen LogP contribution in [0, 0.1) is 5.82 Å². The van der Waals surface area contributed by atoms with Crippen LogP contribution in [0.15, 0.2) is 48.7 Å². The highest BCUT2D eigenvalue weighted by Crippen LogP contribution is 2.23. The van der Waals surface area contributed by atoms with E-state index >= 15 is 0 Å². The Labute approximate surface area is 149 Å². The minimum absolute atomic E-state index is 0.00313. The van der Waals surface area contributed by atoms with Gasteiger partial charge < -0.3 is 10.1 Å². The zero-order chi connectivity index (χ0) is 17.7. The van der Waals surface area contributed by atoms with Gasteiger partial charge in [0.05, 0.1) is 31.1 Å². The summed E-state index contributed by atoms with van der Waals surface area (Å²) in [5, 5.41) is 3.64. The smallest absolute Gasteiger partial charge is 0.141 e. The Morgan fingerprint density at radius 2 is 1.88 bits per heavy atom. The summed E-state index contributed by atoms with van der Waals surface area (Å²) >= 11 is 0. The molecule has 1 aliphatic heterocycles. The van der Waals surface area contributed by atoms with Crippen molar-refractivity contribution in [2.75, 3.05) is 32.8 Å². The average molecular weight is 343 g/mol. The van der Waals surface area contributed by atoms with Crippen LogP contribution in [0.2, 0.25) is 0 Å². The van der Waals surface area contributed by atoms with Gasteiger partial charge in [-0.1, -0.05) is 30.3 Å². The minimum atomic E-state index is -0.316. The number of ether oxygens (including phenoxy) is 1. The molecule has 1 aliphatic rings. The standard InChI is InChI=1S/C20H26FN3O/c1-20(2,24-10-12-25-13-11-24)15-23-19(16-6-4-3-5-7-16)18-9-8-17(21)14-22-18/h3-9,14,19,23H,10-13,15H2,1-2H3/t19-/m0/s1. The van der Waals surface area contributed by atoms with Crippen LogP contribution in [0.4, 0.5) is 4.39 Å². The van der Waals surface area contributed by atoms with E-state index in [0.717, 1.165) is 44.1 Å². The van der Waals surface area contributed by atoms with Crippen molar-refractivity contribution in [2.24, 2.45) is 0 Å². The van der Waals surface area contributed by atoms with Gasteiger partial charge in [0.2, 0.25) is 0 Å². The number of benzene rings is 1. The summed E-state index contributed by atoms with van der Waals surface area (Å²) in [6.45, 7) is 8.73. The summed E-state index contributed by atoms with van der Waals surface area (Å²) in [6.07, 6.45) is 1.28. The molecule has 25 heavy (non-hydrogen) atoms. The summed E-state index contributed by atoms with van der Waals surface area (Å²) in [6, 6.07) is 13.3. The van der Waals surface area contributed by atoms with Crippen LogP contribution >= 0.6 is 0 Å². The van der Waals surface area contributed by atoms with E-state index in [-0.39, 0.29) is 17.4 Å². The van der Waals surface area contributed by atoms with Gasteiger partial charge in [-0.15, -0.1) is 0 Å². The van der Waals surface area contributed by atoms with Crippen LogP contribution < -0.4 is 5.32 Å². The number of morpholine rings is 1. The molecule has 0 spiro atoms. The Balaban J connectivity index is 1.77. The largest absolute Gasteiger partial charge is 0.379 e. The predicted octanol–water partition coefficient (Wildman–Crippen LogP) is 3.01. The van der Waals surface area contributed by atoms with E-state index < -0.39 is 0 Å². The summed E-state index contributed by atoms with van der Waals surface area (Å²) < 4.78 is 18.7. The van der Waals surface area contributed by atoms with E-state index in [4.69, 9.17) is 4.74 Å². The first-order chi connectivity index (χ1) is 12.1. The first-order valence-corrected chi connectivity index (χ1v) is 8.79. The Kier molecular flexibility index (Phi) is 5.78. The van der Waals surface area contributed by atoms with Crippen LogP contribution in [0.3, 0.4) is 0 Å². The molecule has 1 aromatic heterocycles. The summed E-state index contributed by atoms with van der Waals surface area (Å²) in [4.78, 5) is 6.75. The van der Waals surface area contributed by atoms with E-state index in [0.29, 0.717) is 0 Å². The first kappa shape index (κ1) is 18.0. The Bertz CT molecular complexity index is 654. The van der Waals surface area contributed by atoms with Gasteiger partial charge in [-0.3, -0.25) is 9.88 Å². The summed E-state index contributed by atoms with van der Waals surface area (Å²) in [5.74, 6) is -0.316. The van der Waals surface area contributed by atoms with Crippen molar-refractivity contribution in [2.45, 2.75) is 25.4 Å². The molecule has 2 aromatic rings. The quantitative estimate of drug-likeness (QED) is 0.875. The van der Waals surface area contributed by atoms with Crippen molar-refractivity contribution in [3.8, 4) is 0 Å². The topological polar surface area (TPSA) is 37.4 Å². The molecule has 0 bridgehead atoms. The van der Waals surface area contributed by atoms with E-state index in [1.165, 1.54) is 12.3 Å². The van der Waals surface area contributed by atoms with E-state index in [9.17, 15) is 4.39 Å². The van der Waals surface area contributed by atoms with Gasteiger partial charge in [0.25, 0.3) is 0 Å². The van der Waals surface area contributed by atoms with Crippen molar-refractivity contribution >= 4 is 0 Å². The highest BCUT2D eigenvalue weighted by Gasteiger charge is 2.29. The molecule has 1 fully saturated rings. The Morgan fingerprint density at radius 1 is 1.16 bits per heavy atom. The van der Waals surface area contributed by atoms with Gasteiger partial charge >= 0.3 is 0 Å². The molecular formula is C20H26FN3O. The van der Waals surface area contributed by atoms with Gasteiger partial charge in [0.15, 0.2) is 0 Å². The van der Waals surface area contributed by atoms with Crippen LogP contribution in [-0.2, 0) is 4.74 Å². The normalized spacial score (nSPS) is 17.4. The molecule has 3 rings (SSSR count). The lowest BCUT2D eigenvalue weighted by Crippen LogP contribution is -2.55. The second-order valence-corrected chi connectivity index (χ2v) is 7.04. The highest BCUT2D eigenvalue weighted by atomic mass is 19.1. The van der Waals surface area contributed by atoms with E-state index in [2.05, 4.69) is 41.2 Å². The van der Waals surface area contributed by atoms with Crippen LogP contribution in [0.25, 0.3) is 0 Å². The van der Waals surface area contributed by atoms with Crippen molar-refractivity contribution in [1.82, 2.24) is 15.2 Å². The number of pyridine rings is 1. The molecule has 5 heteroatoms. The fraction of sp³-hybridized carbons (Fsp3) is 0.450. The molecule has 0 aliphatic carbocycles. The monoisotopic (exact) mass is 343 g/mol. The maximum Gasteiger partial charge on any atom is 0.141 e. The Morgan fingerprint density at radius 3 is 2.52 bits per heavy atom. The maximum absolute atomic E-state index is 13.3. The SMILES string of the molecule is CC(C)(CN[C@@H](c1ccccc1)c1ccc(F)cn1)N1CCOCC1. The molecule has 0 amide bonds. The molecule has 1 atom stereocenters. The zero-order valence-corrected chi connectivity index (χ0v) is 14.9. The number of hydrogen-bond acceptors (Lipinski definition) is 4. The molecule has 1 N–H and O–H groups in total. The van der Waals surface area contributed by atoms with Gasteiger partial charge in [-0.25, -0.2) is 4.39 Å². The molecule has 134 valence electrons. The molecule has 0 radical (unpaired) electrons. The molecular weight excluding hydrogens is 317 g/mol. The van der Waals surface area contributed by atoms with Gasteiger partial charge in [-0.2, -0.15) is 0 Å². The van der Waals surface area contributed by atoms with Crippen LogP contribution in [0.1, 0.15) is 31.1 Å². The predicted molar refractivity (Wildman–Crippen MR) is 97.0 cm³/mol. The van der Waals surface area contributed by atoms with Crippen molar-refractivity contribution in [1.29, 1.82) is 0 Å². The molecule has 0 saturated carbocycles. The molecule has 2 heterocycles. The molecule has 4 nitrogen and oxygen atoms in total. The maximum atomic E-state index is 13.3. The van der Waals surface area contributed by atoms with Crippen molar-refractivity contribution in [3.63, 3.8) is 0 Å². The first-order valence-electron chi connectivity index (χ1n) is 8.79. The second kappa shape index (κ2) is 8.04. The lowest BCUT2D eigenvalue weighted by molar-refractivity contribution is -0.0101. The third-order valence-corrected chi connectivity index (χ3v) is 4.78. The summed E-state index contributed by atoms with van der Waals surface area (Å²) in [5.41, 5.74) is 1.95. The molecule has 0 unspecified atom stereocenters. The number of nitrogens with one attached hydrogen (secondary N) is 1. The molecule has 1 aromatic carbocycles.